The summed E-state index contributed by atoms with van der Waals surface area (Å²) in [5.41, 5.74) is 2.86. The van der Waals surface area contributed by atoms with E-state index in [1.807, 2.05) is 31.4 Å². The smallest absolute Gasteiger partial charge is 0.137 e. The van der Waals surface area contributed by atoms with E-state index in [4.69, 9.17) is 0 Å². The minimum Gasteiger partial charge on any atom is -0.360 e. The topological polar surface area (TPSA) is 57.7 Å². The molecule has 0 saturated carbocycles. The lowest BCUT2D eigenvalue weighted by Gasteiger charge is -2.15. The summed E-state index contributed by atoms with van der Waals surface area (Å²) < 4.78 is 0. The molecule has 19 heavy (non-hydrogen) atoms. The number of H-pyrrole nitrogens is 1. The summed E-state index contributed by atoms with van der Waals surface area (Å²) in [5, 5.41) is 1.08. The van der Waals surface area contributed by atoms with Crippen molar-refractivity contribution in [2.75, 3.05) is 18.5 Å². The lowest BCUT2D eigenvalue weighted by Crippen LogP contribution is -2.17. The normalized spacial score (nSPS) is 10.8. The molecule has 3 heterocycles. The van der Waals surface area contributed by atoms with E-state index in [2.05, 4.69) is 31.8 Å². The number of hydrogen-bond donors (Lipinski definition) is 1. The Bertz CT molecular complexity index is 704. The molecule has 0 aliphatic rings. The van der Waals surface area contributed by atoms with E-state index in [1.165, 1.54) is 0 Å². The summed E-state index contributed by atoms with van der Waals surface area (Å²) in [5.74, 6) is 0.924. The van der Waals surface area contributed by atoms with Crippen molar-refractivity contribution in [1.29, 1.82) is 0 Å². The van der Waals surface area contributed by atoms with Gasteiger partial charge in [-0.25, -0.2) is 15.0 Å². The van der Waals surface area contributed by atoms with E-state index < -0.39 is 0 Å². The maximum atomic E-state index is 4.38. The minimum absolute atomic E-state index is 0.876. The van der Waals surface area contributed by atoms with E-state index >= 15 is 0 Å². The number of nitrogens with one attached hydrogen (secondary N) is 1. The van der Waals surface area contributed by atoms with Crippen LogP contribution in [0.25, 0.3) is 22.3 Å². The fraction of sp³-hybridized carbons (Fsp3) is 0.214. The summed E-state index contributed by atoms with van der Waals surface area (Å²) in [6, 6.07) is 6.00. The predicted molar refractivity (Wildman–Crippen MR) is 76.1 cm³/mol. The summed E-state index contributed by atoms with van der Waals surface area (Å²) in [6.45, 7) is 3.00. The fourth-order valence-electron chi connectivity index (χ4n) is 2.05. The Morgan fingerprint density at radius 3 is 2.95 bits per heavy atom. The van der Waals surface area contributed by atoms with Gasteiger partial charge in [0.05, 0.1) is 5.69 Å². The Kier molecular flexibility index (Phi) is 2.87. The number of anilines is 1. The van der Waals surface area contributed by atoms with Gasteiger partial charge in [-0.2, -0.15) is 0 Å². The summed E-state index contributed by atoms with van der Waals surface area (Å²) in [6.07, 6.45) is 5.29. The highest BCUT2D eigenvalue weighted by Gasteiger charge is 2.09. The molecule has 0 spiro atoms. The van der Waals surface area contributed by atoms with Crippen LogP contribution in [0.5, 0.6) is 0 Å². The molecule has 5 heteroatoms. The number of fused-ring (bicyclic) bond motifs is 1. The molecule has 0 unspecified atom stereocenters. The molecule has 96 valence electrons. The minimum atomic E-state index is 0.876. The van der Waals surface area contributed by atoms with Gasteiger partial charge in [-0.15, -0.1) is 0 Å². The standard InChI is InChI=1S/C14H15N5/c1-3-19(2)13-8-12(17-9-18-13)10-4-6-15-14-11(10)5-7-16-14/h4-9H,3H2,1-2H3,(H,15,16). The van der Waals surface area contributed by atoms with E-state index in [1.54, 1.807) is 12.5 Å². The molecule has 0 amide bonds. The van der Waals surface area contributed by atoms with Gasteiger partial charge in [-0.05, 0) is 19.1 Å². The van der Waals surface area contributed by atoms with Crippen LogP contribution in [0.2, 0.25) is 0 Å². The lowest BCUT2D eigenvalue weighted by molar-refractivity contribution is 0.930. The molecular formula is C14H15N5. The Hall–Kier alpha value is -2.43. The predicted octanol–water partition coefficient (Wildman–Crippen LogP) is 2.48. The third-order valence-electron chi connectivity index (χ3n) is 3.25. The third kappa shape index (κ3) is 2.03. The molecule has 0 atom stereocenters. The largest absolute Gasteiger partial charge is 0.360 e. The number of aromatic amines is 1. The van der Waals surface area contributed by atoms with E-state index in [-0.39, 0.29) is 0 Å². The average Bonchev–Trinajstić information content (AvgIpc) is 2.94. The molecule has 0 bridgehead atoms. The van der Waals surface area contributed by atoms with Crippen LogP contribution in [-0.2, 0) is 0 Å². The molecule has 0 fully saturated rings. The van der Waals surface area contributed by atoms with Crippen LogP contribution in [-0.4, -0.2) is 33.5 Å². The van der Waals surface area contributed by atoms with Crippen molar-refractivity contribution < 1.29 is 0 Å². The maximum absolute atomic E-state index is 4.38. The van der Waals surface area contributed by atoms with Crippen LogP contribution in [0.4, 0.5) is 5.82 Å². The van der Waals surface area contributed by atoms with E-state index in [0.29, 0.717) is 0 Å². The fourth-order valence-corrected chi connectivity index (χ4v) is 2.05. The maximum Gasteiger partial charge on any atom is 0.137 e. The molecule has 3 aromatic rings. The third-order valence-corrected chi connectivity index (χ3v) is 3.25. The van der Waals surface area contributed by atoms with Crippen LogP contribution < -0.4 is 4.90 Å². The molecule has 1 N–H and O–H groups in total. The van der Waals surface area contributed by atoms with Gasteiger partial charge in [0.25, 0.3) is 0 Å². The monoisotopic (exact) mass is 253 g/mol. The number of aromatic nitrogens is 4. The van der Waals surface area contributed by atoms with Gasteiger partial charge in [-0.1, -0.05) is 0 Å². The highest BCUT2D eigenvalue weighted by molar-refractivity contribution is 5.92. The second-order valence-corrected chi connectivity index (χ2v) is 4.37. The summed E-state index contributed by atoms with van der Waals surface area (Å²) in [4.78, 5) is 18.2. The van der Waals surface area contributed by atoms with Gasteiger partial charge in [0, 0.05) is 43.0 Å². The first-order chi connectivity index (χ1) is 9.29. The zero-order chi connectivity index (χ0) is 13.2. The van der Waals surface area contributed by atoms with Crippen LogP contribution >= 0.6 is 0 Å². The van der Waals surface area contributed by atoms with Gasteiger partial charge in [0.2, 0.25) is 0 Å². The second kappa shape index (κ2) is 4.68. The lowest BCUT2D eigenvalue weighted by atomic mass is 10.1. The van der Waals surface area contributed by atoms with Crippen LogP contribution in [0.1, 0.15) is 6.92 Å². The molecular weight excluding hydrogens is 238 g/mol. The van der Waals surface area contributed by atoms with Gasteiger partial charge >= 0.3 is 0 Å². The molecule has 0 aliphatic heterocycles. The number of pyridine rings is 1. The Morgan fingerprint density at radius 2 is 2.11 bits per heavy atom. The highest BCUT2D eigenvalue weighted by Crippen LogP contribution is 2.26. The van der Waals surface area contributed by atoms with Crippen molar-refractivity contribution in [3.8, 4) is 11.3 Å². The SMILES string of the molecule is CCN(C)c1cc(-c2ccnc3[nH]ccc23)ncn1. The molecule has 3 rings (SSSR count). The highest BCUT2D eigenvalue weighted by atomic mass is 15.2. The van der Waals surface area contributed by atoms with Crippen molar-refractivity contribution in [1.82, 2.24) is 19.9 Å². The molecule has 0 aliphatic carbocycles. The zero-order valence-electron chi connectivity index (χ0n) is 11.0. The Labute approximate surface area is 111 Å². The first-order valence-electron chi connectivity index (χ1n) is 6.25. The molecule has 3 aromatic heterocycles. The first-order valence-corrected chi connectivity index (χ1v) is 6.25. The van der Waals surface area contributed by atoms with E-state index in [0.717, 1.165) is 34.7 Å². The quantitative estimate of drug-likeness (QED) is 0.779. The number of nitrogens with zero attached hydrogens (tertiary/aromatic N) is 4. The Morgan fingerprint density at radius 1 is 1.21 bits per heavy atom. The van der Waals surface area contributed by atoms with Crippen molar-refractivity contribution in [3.05, 3.63) is 36.9 Å². The average molecular weight is 253 g/mol. The van der Waals surface area contributed by atoms with Crippen molar-refractivity contribution in [3.63, 3.8) is 0 Å². The number of hydrogen-bond acceptors (Lipinski definition) is 4. The summed E-state index contributed by atoms with van der Waals surface area (Å²) in [7, 11) is 2.02. The number of rotatable bonds is 3. The van der Waals surface area contributed by atoms with E-state index in [9.17, 15) is 0 Å². The van der Waals surface area contributed by atoms with Gasteiger partial charge in [0.1, 0.15) is 17.8 Å². The van der Waals surface area contributed by atoms with Crippen molar-refractivity contribution >= 4 is 16.9 Å². The van der Waals surface area contributed by atoms with Gasteiger partial charge < -0.3 is 9.88 Å². The molecule has 0 aromatic carbocycles. The molecule has 5 nitrogen and oxygen atoms in total. The Balaban J connectivity index is 2.14. The molecule has 0 radical (unpaired) electrons. The van der Waals surface area contributed by atoms with Crippen LogP contribution in [0.15, 0.2) is 36.9 Å². The van der Waals surface area contributed by atoms with Crippen LogP contribution in [0, 0.1) is 0 Å². The second-order valence-electron chi connectivity index (χ2n) is 4.37. The van der Waals surface area contributed by atoms with Crippen molar-refractivity contribution in [2.45, 2.75) is 6.92 Å². The van der Waals surface area contributed by atoms with Gasteiger partial charge in [0.15, 0.2) is 0 Å². The summed E-state index contributed by atoms with van der Waals surface area (Å²) >= 11 is 0. The van der Waals surface area contributed by atoms with Crippen molar-refractivity contribution in [2.24, 2.45) is 0 Å². The zero-order valence-corrected chi connectivity index (χ0v) is 11.0. The molecule has 0 saturated heterocycles. The van der Waals surface area contributed by atoms with Gasteiger partial charge in [-0.3, -0.25) is 0 Å². The van der Waals surface area contributed by atoms with Crippen LogP contribution in [0.3, 0.4) is 0 Å². The first kappa shape index (κ1) is 11.6.